The Bertz CT molecular complexity index is 728. The second-order valence-electron chi connectivity index (χ2n) is 3.73. The summed E-state index contributed by atoms with van der Waals surface area (Å²) in [5.74, 6) is 1.33. The van der Waals surface area contributed by atoms with Gasteiger partial charge in [-0.05, 0) is 30.3 Å². The summed E-state index contributed by atoms with van der Waals surface area (Å²) < 4.78 is 36.8. The molecule has 0 aliphatic carbocycles. The Kier molecular flexibility index (Phi) is 4.29. The molecule has 0 radical (unpaired) electrons. The van der Waals surface area contributed by atoms with Crippen LogP contribution in [0.1, 0.15) is 0 Å². The number of hydrogen-bond acceptors (Lipinski definition) is 4. The van der Waals surface area contributed by atoms with Crippen LogP contribution in [0.25, 0.3) is 0 Å². The molecular weight excluding hydrogens is 295 g/mol. The minimum atomic E-state index is -4.18. The molecule has 1 aliphatic heterocycles. The zero-order chi connectivity index (χ0) is 12.8. The smallest absolute Gasteiger partial charge is 0.455 e. The molecule has 92 valence electrons. The van der Waals surface area contributed by atoms with Crippen LogP contribution in [0, 0.1) is 0 Å². The number of para-hydroxylation sites is 1. The Balaban J connectivity index is 0.00000133. The van der Waals surface area contributed by atoms with Gasteiger partial charge in [-0.2, -0.15) is 8.42 Å². The molecule has 19 heavy (non-hydrogen) atoms. The number of fused-ring (bicyclic) bond motifs is 2. The van der Waals surface area contributed by atoms with E-state index < -0.39 is 10.1 Å². The van der Waals surface area contributed by atoms with Gasteiger partial charge in [-0.15, -0.1) is 0 Å². The van der Waals surface area contributed by atoms with Gasteiger partial charge in [-0.25, -0.2) is 0 Å². The molecule has 2 aromatic carbocycles. The van der Waals surface area contributed by atoms with Crippen LogP contribution < -0.4 is 34.3 Å². The van der Waals surface area contributed by atoms with Crippen molar-refractivity contribution in [2.24, 2.45) is 0 Å². The zero-order valence-corrected chi connectivity index (χ0v) is 13.7. The van der Waals surface area contributed by atoms with E-state index in [1.54, 1.807) is 6.07 Å². The summed E-state index contributed by atoms with van der Waals surface area (Å²) in [6, 6.07) is 11.8. The van der Waals surface area contributed by atoms with Gasteiger partial charge in [0, 0.05) is 0 Å². The molecule has 0 aromatic heterocycles. The molecule has 7 heteroatoms. The van der Waals surface area contributed by atoms with E-state index in [2.05, 4.69) is 0 Å². The molecule has 1 heterocycles. The van der Waals surface area contributed by atoms with Gasteiger partial charge < -0.3 is 4.74 Å². The zero-order valence-electron chi connectivity index (χ0n) is 10.0. The second-order valence-corrected chi connectivity index (χ2v) is 6.24. The molecule has 2 aromatic rings. The fourth-order valence-corrected chi connectivity index (χ4v) is 3.24. The van der Waals surface area contributed by atoms with Crippen LogP contribution in [0.2, 0.25) is 0 Å². The van der Waals surface area contributed by atoms with Gasteiger partial charge in [0.1, 0.15) is 11.5 Å². The molecule has 0 fully saturated rings. The van der Waals surface area contributed by atoms with E-state index in [1.807, 2.05) is 24.3 Å². The quantitative estimate of drug-likeness (QED) is 0.514. The molecule has 0 amide bonds. The fourth-order valence-electron chi connectivity index (χ4n) is 1.67. The molecule has 0 bridgehead atoms. The Morgan fingerprint density at radius 1 is 1.00 bits per heavy atom. The first-order valence-electron chi connectivity index (χ1n) is 5.10. The maximum Gasteiger partial charge on any atom is 1.00 e. The molecule has 0 unspecified atom stereocenters. The summed E-state index contributed by atoms with van der Waals surface area (Å²) in [7, 11) is -4.18. The van der Waals surface area contributed by atoms with Crippen molar-refractivity contribution in [3.8, 4) is 11.5 Å². The largest absolute Gasteiger partial charge is 1.00 e. The van der Waals surface area contributed by atoms with E-state index >= 15 is 0 Å². The van der Waals surface area contributed by atoms with Crippen LogP contribution in [0.4, 0.5) is 0 Å². The van der Waals surface area contributed by atoms with E-state index in [4.69, 9.17) is 9.29 Å². The molecule has 0 atom stereocenters. The summed E-state index contributed by atoms with van der Waals surface area (Å²) in [6.07, 6.45) is 0. The molecule has 0 spiro atoms. The Labute approximate surface area is 137 Å². The number of ether oxygens (including phenoxy) is 1. The van der Waals surface area contributed by atoms with E-state index in [0.29, 0.717) is 10.6 Å². The van der Waals surface area contributed by atoms with Crippen LogP contribution >= 0.6 is 11.8 Å². The topological polar surface area (TPSA) is 63.6 Å². The van der Waals surface area contributed by atoms with Gasteiger partial charge in [-0.1, -0.05) is 23.9 Å². The van der Waals surface area contributed by atoms with Crippen LogP contribution in [0.15, 0.2) is 57.2 Å². The number of hydrogen-bond donors (Lipinski definition) is 1. The monoisotopic (exact) mass is 303 g/mol. The van der Waals surface area contributed by atoms with Crippen molar-refractivity contribution in [2.45, 2.75) is 14.7 Å². The molecule has 0 saturated heterocycles. The van der Waals surface area contributed by atoms with Gasteiger partial charge in [0.2, 0.25) is 0 Å². The molecular formula is C12H8NaO4S2+. The van der Waals surface area contributed by atoms with Crippen LogP contribution in [0.5, 0.6) is 11.5 Å². The third-order valence-electron chi connectivity index (χ3n) is 2.50. The van der Waals surface area contributed by atoms with E-state index in [1.165, 1.54) is 23.9 Å². The Morgan fingerprint density at radius 2 is 1.68 bits per heavy atom. The first-order valence-corrected chi connectivity index (χ1v) is 7.36. The first-order chi connectivity index (χ1) is 8.54. The Hall–Kier alpha value is -0.500. The minimum Gasteiger partial charge on any atom is -0.455 e. The van der Waals surface area contributed by atoms with Crippen LogP contribution in [-0.4, -0.2) is 13.0 Å². The average molecular weight is 303 g/mol. The van der Waals surface area contributed by atoms with Crippen molar-refractivity contribution in [1.29, 1.82) is 0 Å². The molecule has 1 aliphatic rings. The van der Waals surface area contributed by atoms with Crippen molar-refractivity contribution in [1.82, 2.24) is 0 Å². The summed E-state index contributed by atoms with van der Waals surface area (Å²) in [4.78, 5) is 1.46. The van der Waals surface area contributed by atoms with Gasteiger partial charge in [-0.3, -0.25) is 4.55 Å². The third-order valence-corrected chi connectivity index (χ3v) is 4.45. The van der Waals surface area contributed by atoms with Gasteiger partial charge in [0.25, 0.3) is 10.1 Å². The van der Waals surface area contributed by atoms with Crippen molar-refractivity contribution in [3.05, 3.63) is 42.5 Å². The first kappa shape index (κ1) is 14.9. The van der Waals surface area contributed by atoms with Crippen LogP contribution in [0.3, 0.4) is 0 Å². The molecule has 3 rings (SSSR count). The summed E-state index contributed by atoms with van der Waals surface area (Å²) in [5, 5.41) is 0. The summed E-state index contributed by atoms with van der Waals surface area (Å²) >= 11 is 1.41. The SMILES string of the molecule is O=S(=O)(O)c1ccc2c(c1)Sc1ccccc1O2.[Na+]. The predicted octanol–water partition coefficient (Wildman–Crippen LogP) is 0.194. The fraction of sp³-hybridized carbons (Fsp3) is 0. The number of benzene rings is 2. The maximum atomic E-state index is 11.1. The molecule has 4 nitrogen and oxygen atoms in total. The van der Waals surface area contributed by atoms with E-state index in [-0.39, 0.29) is 34.5 Å². The normalized spacial score (nSPS) is 12.7. The Morgan fingerprint density at radius 3 is 2.42 bits per heavy atom. The van der Waals surface area contributed by atoms with Crippen molar-refractivity contribution < 1.29 is 47.3 Å². The van der Waals surface area contributed by atoms with Gasteiger partial charge in [0.15, 0.2) is 0 Å². The van der Waals surface area contributed by atoms with Gasteiger partial charge >= 0.3 is 29.6 Å². The minimum absolute atomic E-state index is 0. The maximum absolute atomic E-state index is 11.1. The molecule has 0 saturated carbocycles. The van der Waals surface area contributed by atoms with Crippen molar-refractivity contribution in [2.75, 3.05) is 0 Å². The standard InChI is InChI=1S/C12H8O4S2.Na/c13-18(14,15)8-5-6-10-12(7-8)17-11-4-2-1-3-9(11)16-10;/h1-7H,(H,13,14,15);/q;+1. The summed E-state index contributed by atoms with van der Waals surface area (Å²) in [6.45, 7) is 0. The van der Waals surface area contributed by atoms with E-state index in [0.717, 1.165) is 10.6 Å². The third kappa shape index (κ3) is 2.99. The van der Waals surface area contributed by atoms with Crippen LogP contribution in [-0.2, 0) is 10.1 Å². The van der Waals surface area contributed by atoms with Crippen molar-refractivity contribution in [3.63, 3.8) is 0 Å². The van der Waals surface area contributed by atoms with Crippen molar-refractivity contribution >= 4 is 21.9 Å². The van der Waals surface area contributed by atoms with Gasteiger partial charge in [0.05, 0.1) is 14.7 Å². The molecule has 1 N–H and O–H groups in total. The summed E-state index contributed by atoms with van der Waals surface area (Å²) in [5.41, 5.74) is 0. The predicted molar refractivity (Wildman–Crippen MR) is 66.9 cm³/mol. The van der Waals surface area contributed by atoms with E-state index in [9.17, 15) is 8.42 Å². The second kappa shape index (κ2) is 5.47. The average Bonchev–Trinajstić information content (AvgIpc) is 2.34. The number of rotatable bonds is 1.